The van der Waals surface area contributed by atoms with E-state index in [0.29, 0.717) is 31.7 Å². The molecule has 0 saturated carbocycles. The van der Waals surface area contributed by atoms with Crippen LogP contribution in [-0.2, 0) is 14.8 Å². The molecule has 1 aromatic carbocycles. The number of rotatable bonds is 6. The van der Waals surface area contributed by atoms with E-state index in [9.17, 15) is 18.0 Å². The molecule has 29 heavy (non-hydrogen) atoms. The van der Waals surface area contributed by atoms with E-state index in [0.717, 1.165) is 5.69 Å². The Morgan fingerprint density at radius 3 is 2.14 bits per heavy atom. The number of benzene rings is 1. The summed E-state index contributed by atoms with van der Waals surface area (Å²) in [5.74, 6) is -0.395. The number of ketones is 1. The highest BCUT2D eigenvalue weighted by atomic mass is 32.2. The standard InChI is InChI=1S/C20H24N4O4S/c1-15(22-29(27,28)19-5-3-17(4-6-19)16(2)25)20(26)24-13-11-23(12-14-24)18-7-9-21-10-8-18/h3-10,15,22H,11-14H2,1-2H3/p+1/t15-/m0/s1. The molecule has 1 saturated heterocycles. The molecular weight excluding hydrogens is 392 g/mol. The fourth-order valence-electron chi connectivity index (χ4n) is 3.27. The van der Waals surface area contributed by atoms with Gasteiger partial charge in [0.2, 0.25) is 15.9 Å². The number of carbonyl (C=O) groups excluding carboxylic acids is 2. The number of nitrogens with one attached hydrogen (secondary N) is 2. The lowest BCUT2D eigenvalue weighted by atomic mass is 10.2. The summed E-state index contributed by atoms with van der Waals surface area (Å²) in [5.41, 5.74) is 1.51. The number of amides is 1. The van der Waals surface area contributed by atoms with Crippen LogP contribution in [0.15, 0.2) is 53.7 Å². The van der Waals surface area contributed by atoms with E-state index in [4.69, 9.17) is 0 Å². The second-order valence-corrected chi connectivity index (χ2v) is 8.71. The van der Waals surface area contributed by atoms with E-state index in [2.05, 4.69) is 14.6 Å². The summed E-state index contributed by atoms with van der Waals surface area (Å²) in [4.78, 5) is 30.9. The van der Waals surface area contributed by atoms with Crippen LogP contribution in [0, 0.1) is 0 Å². The molecule has 3 rings (SSSR count). The second-order valence-electron chi connectivity index (χ2n) is 6.99. The van der Waals surface area contributed by atoms with Crippen molar-refractivity contribution in [3.63, 3.8) is 0 Å². The Morgan fingerprint density at radius 1 is 1.00 bits per heavy atom. The van der Waals surface area contributed by atoms with Gasteiger partial charge in [0.25, 0.3) is 0 Å². The first-order valence-electron chi connectivity index (χ1n) is 9.41. The third kappa shape index (κ3) is 4.99. The SMILES string of the molecule is CC(=O)c1ccc(S(=O)(=O)N[C@@H](C)C(=O)N2CCN(c3cc[nH+]cc3)CC2)cc1. The Labute approximate surface area is 170 Å². The summed E-state index contributed by atoms with van der Waals surface area (Å²) < 4.78 is 27.6. The first kappa shape index (κ1) is 20.9. The largest absolute Gasteiger partial charge is 0.368 e. The van der Waals surface area contributed by atoms with Crippen molar-refractivity contribution in [1.29, 1.82) is 0 Å². The smallest absolute Gasteiger partial charge is 0.241 e. The molecule has 2 N–H and O–H groups in total. The topological polar surface area (TPSA) is 101 Å². The number of hydrogen-bond donors (Lipinski definition) is 1. The number of nitrogens with zero attached hydrogens (tertiary/aromatic N) is 2. The highest BCUT2D eigenvalue weighted by Gasteiger charge is 2.28. The van der Waals surface area contributed by atoms with Crippen molar-refractivity contribution in [2.24, 2.45) is 0 Å². The summed E-state index contributed by atoms with van der Waals surface area (Å²) >= 11 is 0. The molecule has 8 nitrogen and oxygen atoms in total. The maximum Gasteiger partial charge on any atom is 0.241 e. The average molecular weight is 418 g/mol. The van der Waals surface area contributed by atoms with E-state index >= 15 is 0 Å². The van der Waals surface area contributed by atoms with Gasteiger partial charge in [0, 0.05) is 49.6 Å². The summed E-state index contributed by atoms with van der Waals surface area (Å²) in [7, 11) is -3.86. The molecule has 1 aliphatic heterocycles. The molecule has 0 bridgehead atoms. The van der Waals surface area contributed by atoms with Crippen LogP contribution in [0.5, 0.6) is 0 Å². The molecule has 2 aromatic rings. The number of pyridine rings is 1. The number of anilines is 1. The Bertz CT molecular complexity index is 969. The molecule has 0 radical (unpaired) electrons. The van der Waals surface area contributed by atoms with Crippen molar-refractivity contribution >= 4 is 27.4 Å². The zero-order valence-corrected chi connectivity index (χ0v) is 17.3. The fourth-order valence-corrected chi connectivity index (χ4v) is 4.46. The van der Waals surface area contributed by atoms with Crippen LogP contribution in [0.4, 0.5) is 5.69 Å². The predicted molar refractivity (Wildman–Crippen MR) is 108 cm³/mol. The van der Waals surface area contributed by atoms with Crippen molar-refractivity contribution in [3.8, 4) is 0 Å². The zero-order chi connectivity index (χ0) is 21.0. The van der Waals surface area contributed by atoms with Gasteiger partial charge in [-0.15, -0.1) is 0 Å². The maximum absolute atomic E-state index is 12.7. The van der Waals surface area contributed by atoms with Gasteiger partial charge < -0.3 is 9.80 Å². The number of aromatic amines is 1. The maximum atomic E-state index is 12.7. The van der Waals surface area contributed by atoms with Crippen LogP contribution in [0.2, 0.25) is 0 Å². The van der Waals surface area contributed by atoms with Gasteiger partial charge in [-0.05, 0) is 26.0 Å². The molecule has 1 amide bonds. The normalized spacial score (nSPS) is 15.8. The van der Waals surface area contributed by atoms with Gasteiger partial charge in [0.1, 0.15) is 0 Å². The van der Waals surface area contributed by atoms with Gasteiger partial charge in [0.05, 0.1) is 10.9 Å². The van der Waals surface area contributed by atoms with E-state index in [1.807, 2.05) is 24.5 Å². The molecule has 0 aliphatic carbocycles. The molecule has 154 valence electrons. The van der Waals surface area contributed by atoms with Crippen LogP contribution < -0.4 is 14.6 Å². The first-order chi connectivity index (χ1) is 13.8. The molecule has 1 aromatic heterocycles. The zero-order valence-electron chi connectivity index (χ0n) is 16.5. The summed E-state index contributed by atoms with van der Waals surface area (Å²) in [6.07, 6.45) is 3.71. The third-order valence-corrected chi connectivity index (χ3v) is 6.49. The Kier molecular flexibility index (Phi) is 6.29. The van der Waals surface area contributed by atoms with Crippen molar-refractivity contribution in [1.82, 2.24) is 9.62 Å². The van der Waals surface area contributed by atoms with Gasteiger partial charge in [-0.3, -0.25) is 9.59 Å². The van der Waals surface area contributed by atoms with Crippen molar-refractivity contribution in [2.75, 3.05) is 31.1 Å². The van der Waals surface area contributed by atoms with E-state index < -0.39 is 16.1 Å². The van der Waals surface area contributed by atoms with Crippen LogP contribution in [0.25, 0.3) is 0 Å². The lowest BCUT2D eigenvalue weighted by Gasteiger charge is -2.36. The lowest BCUT2D eigenvalue weighted by Crippen LogP contribution is -2.54. The minimum Gasteiger partial charge on any atom is -0.368 e. The van der Waals surface area contributed by atoms with Gasteiger partial charge in [-0.2, -0.15) is 4.72 Å². The van der Waals surface area contributed by atoms with E-state index in [-0.39, 0.29) is 16.6 Å². The minimum absolute atomic E-state index is 0.0212. The quantitative estimate of drug-likeness (QED) is 0.698. The van der Waals surface area contributed by atoms with Crippen molar-refractivity contribution in [3.05, 3.63) is 54.4 Å². The molecule has 1 fully saturated rings. The number of Topliss-reactive ketones (excluding diaryl/α,β-unsaturated/α-hetero) is 1. The number of piperazine rings is 1. The molecule has 0 spiro atoms. The highest BCUT2D eigenvalue weighted by molar-refractivity contribution is 7.89. The molecule has 9 heteroatoms. The molecular formula is C20H25N4O4S+. The fraction of sp³-hybridized carbons (Fsp3) is 0.350. The van der Waals surface area contributed by atoms with Crippen LogP contribution in [0.3, 0.4) is 0 Å². The van der Waals surface area contributed by atoms with Gasteiger partial charge in [-0.1, -0.05) is 12.1 Å². The molecule has 1 atom stereocenters. The summed E-state index contributed by atoms with van der Waals surface area (Å²) in [5, 5.41) is 0. The van der Waals surface area contributed by atoms with Gasteiger partial charge in [-0.25, -0.2) is 13.4 Å². The Hall–Kier alpha value is -2.78. The first-order valence-corrected chi connectivity index (χ1v) is 10.9. The number of carbonyl (C=O) groups is 2. The number of aromatic nitrogens is 1. The van der Waals surface area contributed by atoms with Gasteiger partial charge in [0.15, 0.2) is 18.2 Å². The second kappa shape index (κ2) is 8.71. The van der Waals surface area contributed by atoms with Crippen molar-refractivity contribution < 1.29 is 23.0 Å². The minimum atomic E-state index is -3.86. The van der Waals surface area contributed by atoms with Crippen molar-refractivity contribution in [2.45, 2.75) is 24.8 Å². The van der Waals surface area contributed by atoms with Gasteiger partial charge >= 0.3 is 0 Å². The summed E-state index contributed by atoms with van der Waals surface area (Å²) in [6, 6.07) is 8.73. The predicted octanol–water partition coefficient (Wildman–Crippen LogP) is 0.719. The average Bonchev–Trinajstić information content (AvgIpc) is 2.73. The Morgan fingerprint density at radius 2 is 1.59 bits per heavy atom. The van der Waals surface area contributed by atoms with Crippen LogP contribution >= 0.6 is 0 Å². The highest BCUT2D eigenvalue weighted by Crippen LogP contribution is 2.16. The van der Waals surface area contributed by atoms with E-state index in [1.54, 1.807) is 11.8 Å². The lowest BCUT2D eigenvalue weighted by molar-refractivity contribution is -0.377. The van der Waals surface area contributed by atoms with Crippen LogP contribution in [0.1, 0.15) is 24.2 Å². The number of hydrogen-bond acceptors (Lipinski definition) is 5. The molecule has 1 aliphatic rings. The number of sulfonamides is 1. The molecule has 0 unspecified atom stereocenters. The summed E-state index contributed by atoms with van der Waals surface area (Å²) in [6.45, 7) is 5.37. The third-order valence-electron chi connectivity index (χ3n) is 4.93. The number of H-pyrrole nitrogens is 1. The monoisotopic (exact) mass is 417 g/mol. The van der Waals surface area contributed by atoms with E-state index in [1.165, 1.54) is 31.2 Å². The molecule has 2 heterocycles. The Balaban J connectivity index is 1.59. The van der Waals surface area contributed by atoms with Crippen LogP contribution in [-0.4, -0.2) is 57.2 Å².